The highest BCUT2D eigenvalue weighted by atomic mass is 16.5. The molecular formula is C11H22N4O3. The molecule has 0 radical (unpaired) electrons. The van der Waals surface area contributed by atoms with Crippen LogP contribution in [0.25, 0.3) is 0 Å². The lowest BCUT2D eigenvalue weighted by atomic mass is 10.4. The summed E-state index contributed by atoms with van der Waals surface area (Å²) in [5.74, 6) is 0. The fourth-order valence-corrected chi connectivity index (χ4v) is 1.39. The molecule has 0 unspecified atom stereocenters. The third-order valence-electron chi connectivity index (χ3n) is 2.30. The second-order valence-corrected chi connectivity index (χ2v) is 3.83. The van der Waals surface area contributed by atoms with Crippen LogP contribution in [0.1, 0.15) is 12.1 Å². The lowest BCUT2D eigenvalue weighted by Crippen LogP contribution is -2.17. The molecule has 0 saturated carbocycles. The topological polar surface area (TPSA) is 81.4 Å². The molecule has 2 N–H and O–H groups in total. The maximum atomic E-state index is 8.74. The molecule has 7 heteroatoms. The SMILES string of the molecule is COCCOCCCNCc1cn(CCO)nn1. The van der Waals surface area contributed by atoms with Crippen molar-refractivity contribution in [3.8, 4) is 0 Å². The molecule has 18 heavy (non-hydrogen) atoms. The number of rotatable bonds is 11. The summed E-state index contributed by atoms with van der Waals surface area (Å²) in [5, 5.41) is 19.9. The fourth-order valence-electron chi connectivity index (χ4n) is 1.39. The van der Waals surface area contributed by atoms with E-state index in [1.165, 1.54) is 0 Å². The van der Waals surface area contributed by atoms with Gasteiger partial charge in [-0.3, -0.25) is 0 Å². The van der Waals surface area contributed by atoms with E-state index < -0.39 is 0 Å². The van der Waals surface area contributed by atoms with E-state index in [0.717, 1.165) is 25.3 Å². The lowest BCUT2D eigenvalue weighted by Gasteiger charge is -2.04. The van der Waals surface area contributed by atoms with Crippen LogP contribution in [-0.4, -0.2) is 60.2 Å². The average molecular weight is 258 g/mol. The molecule has 0 saturated heterocycles. The Labute approximate surface area is 107 Å². The van der Waals surface area contributed by atoms with E-state index in [0.29, 0.717) is 26.3 Å². The molecule has 0 bridgehead atoms. The van der Waals surface area contributed by atoms with Gasteiger partial charge >= 0.3 is 0 Å². The van der Waals surface area contributed by atoms with Gasteiger partial charge in [0.1, 0.15) is 0 Å². The van der Waals surface area contributed by atoms with Gasteiger partial charge in [0, 0.05) is 26.5 Å². The molecule has 1 rings (SSSR count). The Morgan fingerprint density at radius 1 is 1.39 bits per heavy atom. The average Bonchev–Trinajstić information content (AvgIpc) is 2.81. The van der Waals surface area contributed by atoms with E-state index in [-0.39, 0.29) is 6.61 Å². The number of aliphatic hydroxyl groups is 1. The van der Waals surface area contributed by atoms with Gasteiger partial charge in [-0.15, -0.1) is 5.10 Å². The Bertz CT molecular complexity index is 306. The summed E-state index contributed by atoms with van der Waals surface area (Å²) in [5.41, 5.74) is 0.878. The molecule has 0 aliphatic carbocycles. The summed E-state index contributed by atoms with van der Waals surface area (Å²) in [6.45, 7) is 4.14. The molecule has 0 aliphatic rings. The molecule has 7 nitrogen and oxygen atoms in total. The summed E-state index contributed by atoms with van der Waals surface area (Å²) >= 11 is 0. The molecule has 1 aromatic rings. The number of ether oxygens (including phenoxy) is 2. The number of hydrogen-bond donors (Lipinski definition) is 2. The minimum Gasteiger partial charge on any atom is -0.394 e. The van der Waals surface area contributed by atoms with Gasteiger partial charge in [0.25, 0.3) is 0 Å². The smallest absolute Gasteiger partial charge is 0.0964 e. The summed E-state index contributed by atoms with van der Waals surface area (Å²) < 4.78 is 11.8. The number of methoxy groups -OCH3 is 1. The van der Waals surface area contributed by atoms with Crippen LogP contribution in [-0.2, 0) is 22.6 Å². The van der Waals surface area contributed by atoms with Gasteiger partial charge in [-0.1, -0.05) is 5.21 Å². The molecule has 0 aromatic carbocycles. The lowest BCUT2D eigenvalue weighted by molar-refractivity contribution is 0.0694. The first kappa shape index (κ1) is 15.0. The van der Waals surface area contributed by atoms with Crippen LogP contribution in [0.2, 0.25) is 0 Å². The van der Waals surface area contributed by atoms with Crippen LogP contribution in [0.4, 0.5) is 0 Å². The monoisotopic (exact) mass is 258 g/mol. The van der Waals surface area contributed by atoms with Crippen LogP contribution < -0.4 is 5.32 Å². The zero-order valence-corrected chi connectivity index (χ0v) is 10.8. The predicted molar refractivity (Wildman–Crippen MR) is 66.1 cm³/mol. The molecule has 0 spiro atoms. The molecule has 104 valence electrons. The minimum absolute atomic E-state index is 0.0784. The number of aliphatic hydroxyl groups excluding tert-OH is 1. The van der Waals surface area contributed by atoms with Crippen molar-refractivity contribution < 1.29 is 14.6 Å². The highest BCUT2D eigenvalue weighted by Gasteiger charge is 1.99. The van der Waals surface area contributed by atoms with Gasteiger partial charge in [0.15, 0.2) is 0 Å². The standard InChI is InChI=1S/C11H22N4O3/c1-17-7-8-18-6-2-3-12-9-11-10-15(4-5-16)14-13-11/h10,12,16H,2-9H2,1H3. The van der Waals surface area contributed by atoms with Crippen molar-refractivity contribution in [2.24, 2.45) is 0 Å². The van der Waals surface area contributed by atoms with Gasteiger partial charge < -0.3 is 19.9 Å². The molecule has 0 amide bonds. The van der Waals surface area contributed by atoms with Gasteiger partial charge in [-0.2, -0.15) is 0 Å². The first-order valence-electron chi connectivity index (χ1n) is 6.14. The van der Waals surface area contributed by atoms with E-state index >= 15 is 0 Å². The highest BCUT2D eigenvalue weighted by molar-refractivity contribution is 4.91. The summed E-state index contributed by atoms with van der Waals surface area (Å²) in [4.78, 5) is 0. The van der Waals surface area contributed by atoms with Crippen molar-refractivity contribution in [3.05, 3.63) is 11.9 Å². The van der Waals surface area contributed by atoms with Crippen LogP contribution in [0.5, 0.6) is 0 Å². The van der Waals surface area contributed by atoms with Crippen LogP contribution in [0.15, 0.2) is 6.20 Å². The summed E-state index contributed by atoms with van der Waals surface area (Å²) in [6, 6.07) is 0. The van der Waals surface area contributed by atoms with Crippen molar-refractivity contribution in [2.75, 3.05) is 40.1 Å². The second-order valence-electron chi connectivity index (χ2n) is 3.83. The minimum atomic E-state index is 0.0784. The predicted octanol–water partition coefficient (Wildman–Crippen LogP) is -0.587. The molecule has 0 fully saturated rings. The fraction of sp³-hybridized carbons (Fsp3) is 0.818. The van der Waals surface area contributed by atoms with Crippen LogP contribution in [0.3, 0.4) is 0 Å². The van der Waals surface area contributed by atoms with E-state index in [2.05, 4.69) is 15.6 Å². The van der Waals surface area contributed by atoms with Crippen molar-refractivity contribution in [2.45, 2.75) is 19.5 Å². The Morgan fingerprint density at radius 3 is 3.06 bits per heavy atom. The Hall–Kier alpha value is -1.02. The first-order chi connectivity index (χ1) is 8.86. The van der Waals surface area contributed by atoms with E-state index in [4.69, 9.17) is 14.6 Å². The zero-order chi connectivity index (χ0) is 13.1. The molecule has 1 aromatic heterocycles. The number of hydrogen-bond acceptors (Lipinski definition) is 6. The molecule has 1 heterocycles. The number of nitrogens with zero attached hydrogens (tertiary/aromatic N) is 3. The number of aromatic nitrogens is 3. The van der Waals surface area contributed by atoms with Gasteiger partial charge in [0.2, 0.25) is 0 Å². The first-order valence-corrected chi connectivity index (χ1v) is 6.14. The number of nitrogens with one attached hydrogen (secondary N) is 1. The van der Waals surface area contributed by atoms with Crippen molar-refractivity contribution in [3.63, 3.8) is 0 Å². The second kappa shape index (κ2) is 9.95. The van der Waals surface area contributed by atoms with Gasteiger partial charge in [-0.05, 0) is 13.0 Å². The molecule has 0 atom stereocenters. The van der Waals surface area contributed by atoms with Crippen LogP contribution in [0, 0.1) is 0 Å². The Kier molecular flexibility index (Phi) is 8.32. The normalized spacial score (nSPS) is 11.0. The quantitative estimate of drug-likeness (QED) is 0.517. The van der Waals surface area contributed by atoms with Crippen molar-refractivity contribution >= 4 is 0 Å². The Morgan fingerprint density at radius 2 is 2.28 bits per heavy atom. The Balaban J connectivity index is 1.96. The van der Waals surface area contributed by atoms with E-state index in [1.807, 2.05) is 6.20 Å². The maximum Gasteiger partial charge on any atom is 0.0964 e. The van der Waals surface area contributed by atoms with E-state index in [1.54, 1.807) is 11.8 Å². The summed E-state index contributed by atoms with van der Waals surface area (Å²) in [7, 11) is 1.66. The van der Waals surface area contributed by atoms with E-state index in [9.17, 15) is 0 Å². The summed E-state index contributed by atoms with van der Waals surface area (Å²) in [6.07, 6.45) is 2.78. The molecular weight excluding hydrogens is 236 g/mol. The van der Waals surface area contributed by atoms with Crippen molar-refractivity contribution in [1.82, 2.24) is 20.3 Å². The van der Waals surface area contributed by atoms with Gasteiger partial charge in [0.05, 0.1) is 32.1 Å². The third-order valence-corrected chi connectivity index (χ3v) is 2.30. The maximum absolute atomic E-state index is 8.74. The largest absolute Gasteiger partial charge is 0.394 e. The van der Waals surface area contributed by atoms with Gasteiger partial charge in [-0.25, -0.2) is 4.68 Å². The zero-order valence-electron chi connectivity index (χ0n) is 10.8. The molecule has 0 aliphatic heterocycles. The van der Waals surface area contributed by atoms with Crippen LogP contribution >= 0.6 is 0 Å². The highest BCUT2D eigenvalue weighted by Crippen LogP contribution is 1.92. The van der Waals surface area contributed by atoms with Crippen molar-refractivity contribution in [1.29, 1.82) is 0 Å². The third kappa shape index (κ3) is 6.65.